The van der Waals surface area contributed by atoms with Crippen LogP contribution in [0.4, 0.5) is 10.5 Å². The zero-order valence-corrected chi connectivity index (χ0v) is 11.7. The molecular weight excluding hydrogens is 258 g/mol. The van der Waals surface area contributed by atoms with Crippen LogP contribution in [0, 0.1) is 17.2 Å². The molecule has 6 nitrogen and oxygen atoms in total. The molecule has 1 rings (SSSR count). The van der Waals surface area contributed by atoms with Crippen LogP contribution < -0.4 is 4.90 Å². The number of amides is 2. The summed E-state index contributed by atoms with van der Waals surface area (Å²) < 4.78 is 0. The summed E-state index contributed by atoms with van der Waals surface area (Å²) in [5.74, 6) is -1.58. The van der Waals surface area contributed by atoms with Gasteiger partial charge < -0.3 is 10.0 Å². The molecule has 0 saturated carbocycles. The van der Waals surface area contributed by atoms with E-state index in [4.69, 9.17) is 10.4 Å². The van der Waals surface area contributed by atoms with Crippen molar-refractivity contribution in [3.8, 4) is 6.07 Å². The number of carboxylic acids is 1. The molecule has 0 spiro atoms. The van der Waals surface area contributed by atoms with Crippen LogP contribution in [0.3, 0.4) is 0 Å². The normalized spacial score (nSPS) is 11.3. The van der Waals surface area contributed by atoms with Gasteiger partial charge in [0, 0.05) is 26.3 Å². The van der Waals surface area contributed by atoms with Gasteiger partial charge in [-0.3, -0.25) is 9.69 Å². The highest BCUT2D eigenvalue weighted by Gasteiger charge is 2.20. The van der Waals surface area contributed by atoms with Crippen molar-refractivity contribution in [1.29, 1.82) is 5.26 Å². The van der Waals surface area contributed by atoms with Gasteiger partial charge in [-0.25, -0.2) is 4.79 Å². The van der Waals surface area contributed by atoms with Crippen molar-refractivity contribution in [2.45, 2.75) is 6.92 Å². The number of carboxylic acid groups (broad SMARTS) is 1. The fourth-order valence-electron chi connectivity index (χ4n) is 1.72. The summed E-state index contributed by atoms with van der Waals surface area (Å²) in [5, 5.41) is 17.7. The first-order valence-corrected chi connectivity index (χ1v) is 6.08. The Hall–Kier alpha value is -2.55. The number of urea groups is 1. The van der Waals surface area contributed by atoms with Gasteiger partial charge >= 0.3 is 12.0 Å². The Morgan fingerprint density at radius 1 is 1.40 bits per heavy atom. The molecule has 6 heteroatoms. The van der Waals surface area contributed by atoms with Crippen LogP contribution in [-0.2, 0) is 4.79 Å². The van der Waals surface area contributed by atoms with Gasteiger partial charge in [0.2, 0.25) is 0 Å². The van der Waals surface area contributed by atoms with Crippen molar-refractivity contribution < 1.29 is 14.7 Å². The van der Waals surface area contributed by atoms with Crippen LogP contribution in [0.1, 0.15) is 12.5 Å². The molecule has 0 heterocycles. The largest absolute Gasteiger partial charge is 0.481 e. The van der Waals surface area contributed by atoms with Crippen LogP contribution in [-0.4, -0.2) is 42.6 Å². The molecule has 0 radical (unpaired) electrons. The molecule has 106 valence electrons. The van der Waals surface area contributed by atoms with E-state index in [-0.39, 0.29) is 12.6 Å². The molecular formula is C14H17N3O3. The Bertz CT molecular complexity index is 551. The first-order chi connectivity index (χ1) is 9.36. The van der Waals surface area contributed by atoms with Gasteiger partial charge in [0.05, 0.1) is 17.6 Å². The topological polar surface area (TPSA) is 84.6 Å². The van der Waals surface area contributed by atoms with Crippen molar-refractivity contribution in [2.75, 3.05) is 25.5 Å². The Kier molecular flexibility index (Phi) is 5.09. The predicted octanol–water partition coefficient (Wildman–Crippen LogP) is 1.77. The molecule has 0 aliphatic carbocycles. The third-order valence-electron chi connectivity index (χ3n) is 2.95. The molecule has 0 bridgehead atoms. The Labute approximate surface area is 117 Å². The average Bonchev–Trinajstić information content (AvgIpc) is 2.45. The lowest BCUT2D eigenvalue weighted by molar-refractivity contribution is -0.141. The van der Waals surface area contributed by atoms with Crippen molar-refractivity contribution in [3.05, 3.63) is 29.8 Å². The van der Waals surface area contributed by atoms with Crippen molar-refractivity contribution in [3.63, 3.8) is 0 Å². The van der Waals surface area contributed by atoms with Crippen molar-refractivity contribution in [1.82, 2.24) is 4.90 Å². The first-order valence-electron chi connectivity index (χ1n) is 6.08. The van der Waals surface area contributed by atoms with Gasteiger partial charge in [-0.1, -0.05) is 13.0 Å². The molecule has 0 saturated heterocycles. The van der Waals surface area contributed by atoms with Crippen LogP contribution >= 0.6 is 0 Å². The number of carbonyl (C=O) groups excluding carboxylic acids is 1. The standard InChI is InChI=1S/C14H17N3O3/c1-10(13(18)19)9-16(2)14(20)17(3)12-6-4-5-11(7-12)8-15/h4-7,10H,9H2,1-3H3,(H,18,19). The molecule has 1 unspecified atom stereocenters. The molecule has 1 N–H and O–H groups in total. The molecule has 0 aliphatic rings. The van der Waals surface area contributed by atoms with E-state index in [1.165, 1.54) is 9.80 Å². The number of hydrogen-bond donors (Lipinski definition) is 1. The van der Waals surface area contributed by atoms with E-state index in [1.807, 2.05) is 6.07 Å². The van der Waals surface area contributed by atoms with E-state index in [9.17, 15) is 9.59 Å². The summed E-state index contributed by atoms with van der Waals surface area (Å²) in [5.41, 5.74) is 1.05. The second-order valence-electron chi connectivity index (χ2n) is 4.62. The van der Waals surface area contributed by atoms with Gasteiger partial charge in [0.1, 0.15) is 0 Å². The zero-order chi connectivity index (χ0) is 15.3. The smallest absolute Gasteiger partial charge is 0.323 e. The van der Waals surface area contributed by atoms with E-state index < -0.39 is 11.9 Å². The van der Waals surface area contributed by atoms with Crippen molar-refractivity contribution >= 4 is 17.7 Å². The summed E-state index contributed by atoms with van der Waals surface area (Å²) in [6.07, 6.45) is 0. The van der Waals surface area contributed by atoms with E-state index in [2.05, 4.69) is 0 Å². The number of rotatable bonds is 4. The number of nitrogens with zero attached hydrogens (tertiary/aromatic N) is 3. The monoisotopic (exact) mass is 275 g/mol. The Morgan fingerprint density at radius 2 is 2.05 bits per heavy atom. The van der Waals surface area contributed by atoms with Crippen LogP contribution in [0.25, 0.3) is 0 Å². The van der Waals surface area contributed by atoms with Crippen LogP contribution in [0.5, 0.6) is 0 Å². The van der Waals surface area contributed by atoms with E-state index in [0.717, 1.165) is 0 Å². The average molecular weight is 275 g/mol. The number of benzene rings is 1. The fourth-order valence-corrected chi connectivity index (χ4v) is 1.72. The Balaban J connectivity index is 2.80. The minimum atomic E-state index is -0.946. The third-order valence-corrected chi connectivity index (χ3v) is 2.95. The maximum atomic E-state index is 12.2. The van der Waals surface area contributed by atoms with E-state index in [1.54, 1.807) is 45.3 Å². The minimum absolute atomic E-state index is 0.121. The van der Waals surface area contributed by atoms with Crippen molar-refractivity contribution in [2.24, 2.45) is 5.92 Å². The quantitative estimate of drug-likeness (QED) is 0.907. The van der Waals surface area contributed by atoms with Gasteiger partial charge in [-0.15, -0.1) is 0 Å². The summed E-state index contributed by atoms with van der Waals surface area (Å²) in [7, 11) is 3.13. The molecule has 0 aliphatic heterocycles. The molecule has 20 heavy (non-hydrogen) atoms. The SMILES string of the molecule is CC(CN(C)C(=O)N(C)c1cccc(C#N)c1)C(=O)O. The summed E-state index contributed by atoms with van der Waals surface area (Å²) >= 11 is 0. The molecule has 1 atom stereocenters. The van der Waals surface area contributed by atoms with E-state index >= 15 is 0 Å². The third kappa shape index (κ3) is 3.72. The highest BCUT2D eigenvalue weighted by atomic mass is 16.4. The van der Waals surface area contributed by atoms with Gasteiger partial charge in [-0.05, 0) is 18.2 Å². The maximum absolute atomic E-state index is 12.2. The predicted molar refractivity (Wildman–Crippen MR) is 74.4 cm³/mol. The zero-order valence-electron chi connectivity index (χ0n) is 11.7. The summed E-state index contributed by atoms with van der Waals surface area (Å²) in [6.45, 7) is 1.67. The molecule has 2 amide bonds. The number of carbonyl (C=O) groups is 2. The second kappa shape index (κ2) is 6.57. The molecule has 0 aromatic heterocycles. The molecule has 1 aromatic carbocycles. The van der Waals surface area contributed by atoms with Gasteiger partial charge in [-0.2, -0.15) is 5.26 Å². The molecule has 0 fully saturated rings. The highest BCUT2D eigenvalue weighted by molar-refractivity contribution is 5.91. The summed E-state index contributed by atoms with van der Waals surface area (Å²) in [6, 6.07) is 8.34. The van der Waals surface area contributed by atoms with Crippen LogP contribution in [0.2, 0.25) is 0 Å². The van der Waals surface area contributed by atoms with Crippen LogP contribution in [0.15, 0.2) is 24.3 Å². The lowest BCUT2D eigenvalue weighted by Crippen LogP contribution is -2.42. The number of aliphatic carboxylic acids is 1. The highest BCUT2D eigenvalue weighted by Crippen LogP contribution is 2.16. The molecule has 1 aromatic rings. The van der Waals surface area contributed by atoms with E-state index in [0.29, 0.717) is 11.3 Å². The maximum Gasteiger partial charge on any atom is 0.323 e. The summed E-state index contributed by atoms with van der Waals surface area (Å²) in [4.78, 5) is 25.7. The van der Waals surface area contributed by atoms with Gasteiger partial charge in [0.25, 0.3) is 0 Å². The number of hydrogen-bond acceptors (Lipinski definition) is 3. The number of anilines is 1. The Morgan fingerprint density at radius 3 is 2.60 bits per heavy atom. The lowest BCUT2D eigenvalue weighted by Gasteiger charge is -2.26. The second-order valence-corrected chi connectivity index (χ2v) is 4.62. The van der Waals surface area contributed by atoms with Gasteiger partial charge in [0.15, 0.2) is 0 Å². The first kappa shape index (κ1) is 15.5. The minimum Gasteiger partial charge on any atom is -0.481 e. The fraction of sp³-hybridized carbons (Fsp3) is 0.357. The number of nitriles is 1. The lowest BCUT2D eigenvalue weighted by atomic mass is 10.2.